The fourth-order valence-electron chi connectivity index (χ4n) is 1.73. The molecule has 1 N–H and O–H groups in total. The number of anilines is 1. The molecule has 4 nitrogen and oxygen atoms in total. The molecule has 0 radical (unpaired) electrons. The van der Waals surface area contributed by atoms with Gasteiger partial charge in [0.2, 0.25) is 5.28 Å². The lowest BCUT2D eigenvalue weighted by atomic mass is 10.1. The van der Waals surface area contributed by atoms with Gasteiger partial charge in [0.25, 0.3) is 0 Å². The summed E-state index contributed by atoms with van der Waals surface area (Å²) in [5.74, 6) is -0.437. The first-order chi connectivity index (χ1) is 9.70. The molecule has 0 amide bonds. The molecule has 0 unspecified atom stereocenters. The minimum absolute atomic E-state index is 0.0106. The van der Waals surface area contributed by atoms with E-state index in [0.717, 1.165) is 17.3 Å². The lowest BCUT2D eigenvalue weighted by Gasteiger charge is -2.11. The van der Waals surface area contributed by atoms with Crippen molar-refractivity contribution in [3.8, 4) is 0 Å². The highest BCUT2D eigenvalue weighted by Crippen LogP contribution is 2.15. The van der Waals surface area contributed by atoms with Crippen LogP contribution in [0.5, 0.6) is 0 Å². The van der Waals surface area contributed by atoms with Crippen molar-refractivity contribution in [3.63, 3.8) is 0 Å². The van der Waals surface area contributed by atoms with Crippen molar-refractivity contribution in [1.29, 1.82) is 0 Å². The van der Waals surface area contributed by atoms with E-state index in [9.17, 15) is 4.39 Å². The average molecular weight is 296 g/mol. The third kappa shape index (κ3) is 3.88. The first kappa shape index (κ1) is 14.7. The molecule has 2 aromatic rings. The summed E-state index contributed by atoms with van der Waals surface area (Å²) >= 11 is 5.65. The molecule has 1 aromatic carbocycles. The molecule has 0 spiro atoms. The molecular weight excluding hydrogens is 281 g/mol. The van der Waals surface area contributed by atoms with Crippen molar-refractivity contribution in [2.45, 2.75) is 20.1 Å². The zero-order valence-corrected chi connectivity index (χ0v) is 11.8. The molecule has 106 valence electrons. The van der Waals surface area contributed by atoms with Crippen LogP contribution in [0.25, 0.3) is 0 Å². The summed E-state index contributed by atoms with van der Waals surface area (Å²) in [6.07, 6.45) is 1.05. The summed E-state index contributed by atoms with van der Waals surface area (Å²) < 4.78 is 18.9. The fraction of sp³-hybridized carbons (Fsp3) is 0.286. The Kier molecular flexibility index (Phi) is 5.26. The molecule has 1 heterocycles. The Bertz CT molecular complexity index is 580. The normalized spacial score (nSPS) is 10.6. The van der Waals surface area contributed by atoms with Gasteiger partial charge >= 0.3 is 0 Å². The third-order valence-electron chi connectivity index (χ3n) is 2.74. The summed E-state index contributed by atoms with van der Waals surface area (Å²) in [5.41, 5.74) is 2.08. The van der Waals surface area contributed by atoms with Gasteiger partial charge in [-0.2, -0.15) is 4.98 Å². The molecule has 0 bridgehead atoms. The Morgan fingerprint density at radius 2 is 2.05 bits per heavy atom. The molecule has 6 heteroatoms. The number of benzene rings is 1. The number of ether oxygens (including phenoxy) is 1. The van der Waals surface area contributed by atoms with E-state index in [4.69, 9.17) is 16.3 Å². The van der Waals surface area contributed by atoms with Gasteiger partial charge < -0.3 is 10.1 Å². The van der Waals surface area contributed by atoms with E-state index >= 15 is 0 Å². The molecule has 0 aliphatic rings. The van der Waals surface area contributed by atoms with Gasteiger partial charge in [-0.05, 0) is 29.7 Å². The number of halogens is 2. The van der Waals surface area contributed by atoms with E-state index in [1.165, 1.54) is 0 Å². The fourth-order valence-corrected chi connectivity index (χ4v) is 1.86. The van der Waals surface area contributed by atoms with Gasteiger partial charge in [0.15, 0.2) is 11.6 Å². The largest absolute Gasteiger partial charge is 0.377 e. The van der Waals surface area contributed by atoms with E-state index in [1.54, 1.807) is 0 Å². The lowest BCUT2D eigenvalue weighted by Crippen LogP contribution is -2.07. The first-order valence-electron chi connectivity index (χ1n) is 6.27. The van der Waals surface area contributed by atoms with Crippen molar-refractivity contribution >= 4 is 17.4 Å². The third-order valence-corrected chi connectivity index (χ3v) is 2.92. The molecular formula is C14H15ClFN3O. The number of nitrogens with zero attached hydrogens (tertiary/aromatic N) is 2. The van der Waals surface area contributed by atoms with Crippen LogP contribution in [0.4, 0.5) is 10.2 Å². The quantitative estimate of drug-likeness (QED) is 0.830. The molecule has 0 saturated carbocycles. The standard InChI is InChI=1S/C14H15ClFN3O/c1-2-20-9-11-6-4-3-5-10(11)7-17-13-12(16)8-18-14(15)19-13/h3-6,8H,2,7,9H2,1H3,(H,17,18,19). The minimum atomic E-state index is -0.531. The summed E-state index contributed by atoms with van der Waals surface area (Å²) in [6.45, 7) is 3.56. The predicted octanol–water partition coefficient (Wildman–Crippen LogP) is 3.42. The van der Waals surface area contributed by atoms with E-state index in [0.29, 0.717) is 19.8 Å². The number of nitrogens with one attached hydrogen (secondary N) is 1. The molecule has 0 aliphatic carbocycles. The van der Waals surface area contributed by atoms with E-state index in [-0.39, 0.29) is 11.1 Å². The van der Waals surface area contributed by atoms with Gasteiger partial charge in [-0.15, -0.1) is 0 Å². The highest BCUT2D eigenvalue weighted by atomic mass is 35.5. The van der Waals surface area contributed by atoms with Crippen molar-refractivity contribution in [1.82, 2.24) is 9.97 Å². The zero-order valence-electron chi connectivity index (χ0n) is 11.1. The van der Waals surface area contributed by atoms with Crippen LogP contribution in [0, 0.1) is 5.82 Å². The molecule has 0 aliphatic heterocycles. The second kappa shape index (κ2) is 7.17. The van der Waals surface area contributed by atoms with E-state index < -0.39 is 5.82 Å². The SMILES string of the molecule is CCOCc1ccccc1CNc1nc(Cl)ncc1F. The average Bonchev–Trinajstić information content (AvgIpc) is 2.47. The highest BCUT2D eigenvalue weighted by Gasteiger charge is 2.07. The van der Waals surface area contributed by atoms with E-state index in [1.807, 2.05) is 31.2 Å². The molecule has 0 saturated heterocycles. The number of aromatic nitrogens is 2. The minimum Gasteiger partial charge on any atom is -0.377 e. The molecule has 0 atom stereocenters. The van der Waals surface area contributed by atoms with Crippen LogP contribution in [-0.4, -0.2) is 16.6 Å². The predicted molar refractivity (Wildman–Crippen MR) is 76.1 cm³/mol. The summed E-state index contributed by atoms with van der Waals surface area (Å²) in [6, 6.07) is 7.81. The van der Waals surface area contributed by atoms with Gasteiger partial charge in [-0.3, -0.25) is 0 Å². The van der Waals surface area contributed by atoms with Gasteiger partial charge in [0, 0.05) is 13.2 Å². The molecule has 1 aromatic heterocycles. The van der Waals surface area contributed by atoms with Crippen LogP contribution < -0.4 is 5.32 Å². The summed E-state index contributed by atoms with van der Waals surface area (Å²) in [4.78, 5) is 7.39. The molecule has 20 heavy (non-hydrogen) atoms. The Balaban J connectivity index is 2.08. The summed E-state index contributed by atoms with van der Waals surface area (Å²) in [7, 11) is 0. The van der Waals surface area contributed by atoms with Gasteiger partial charge in [-0.1, -0.05) is 24.3 Å². The van der Waals surface area contributed by atoms with Crippen LogP contribution in [0.2, 0.25) is 5.28 Å². The maximum atomic E-state index is 13.5. The second-order valence-electron chi connectivity index (χ2n) is 4.09. The van der Waals surface area contributed by atoms with Crippen LogP contribution in [0.3, 0.4) is 0 Å². The Hall–Kier alpha value is -1.72. The van der Waals surface area contributed by atoms with Crippen molar-refractivity contribution in [2.24, 2.45) is 0 Å². The number of hydrogen-bond donors (Lipinski definition) is 1. The van der Waals surface area contributed by atoms with Gasteiger partial charge in [0.05, 0.1) is 12.8 Å². The van der Waals surface area contributed by atoms with E-state index in [2.05, 4.69) is 15.3 Å². The van der Waals surface area contributed by atoms with Crippen molar-refractivity contribution < 1.29 is 9.13 Å². The lowest BCUT2D eigenvalue weighted by molar-refractivity contribution is 0.133. The van der Waals surface area contributed by atoms with Crippen LogP contribution in [0.1, 0.15) is 18.1 Å². The Morgan fingerprint density at radius 3 is 2.80 bits per heavy atom. The maximum Gasteiger partial charge on any atom is 0.224 e. The monoisotopic (exact) mass is 295 g/mol. The Labute approximate surface area is 122 Å². The molecule has 2 rings (SSSR count). The van der Waals surface area contributed by atoms with Crippen molar-refractivity contribution in [3.05, 3.63) is 52.7 Å². The van der Waals surface area contributed by atoms with Crippen LogP contribution >= 0.6 is 11.6 Å². The van der Waals surface area contributed by atoms with Crippen LogP contribution in [-0.2, 0) is 17.9 Å². The maximum absolute atomic E-state index is 13.5. The van der Waals surface area contributed by atoms with Gasteiger partial charge in [-0.25, -0.2) is 9.37 Å². The Morgan fingerprint density at radius 1 is 1.30 bits per heavy atom. The highest BCUT2D eigenvalue weighted by molar-refractivity contribution is 6.28. The van der Waals surface area contributed by atoms with Crippen molar-refractivity contribution in [2.75, 3.05) is 11.9 Å². The van der Waals surface area contributed by atoms with Gasteiger partial charge in [0.1, 0.15) is 0 Å². The molecule has 0 fully saturated rings. The second-order valence-corrected chi connectivity index (χ2v) is 4.43. The van der Waals surface area contributed by atoms with Crippen LogP contribution in [0.15, 0.2) is 30.5 Å². The first-order valence-corrected chi connectivity index (χ1v) is 6.65. The topological polar surface area (TPSA) is 47.0 Å². The number of hydrogen-bond acceptors (Lipinski definition) is 4. The number of rotatable bonds is 6. The zero-order chi connectivity index (χ0) is 14.4. The smallest absolute Gasteiger partial charge is 0.224 e. The summed E-state index contributed by atoms with van der Waals surface area (Å²) in [5, 5.41) is 2.93.